The third-order valence-electron chi connectivity index (χ3n) is 3.22. The first-order chi connectivity index (χ1) is 7.66. The molecule has 2 aromatic rings. The summed E-state index contributed by atoms with van der Waals surface area (Å²) in [5.41, 5.74) is 10.3. The van der Waals surface area contributed by atoms with E-state index in [0.29, 0.717) is 5.92 Å². The van der Waals surface area contributed by atoms with Crippen LogP contribution in [0.3, 0.4) is 0 Å². The molecule has 16 heavy (non-hydrogen) atoms. The molecule has 0 atom stereocenters. The molecule has 0 bridgehead atoms. The van der Waals surface area contributed by atoms with Crippen LogP contribution in [0.1, 0.15) is 30.0 Å². The topological polar surface area (TPSA) is 38.9 Å². The number of nitrogen functional groups attached to an aromatic ring is 1. The number of rotatable bonds is 1. The summed E-state index contributed by atoms with van der Waals surface area (Å²) in [6, 6.07) is 6.10. The van der Waals surface area contributed by atoms with Gasteiger partial charge < -0.3 is 5.73 Å². The van der Waals surface area contributed by atoms with Crippen molar-refractivity contribution in [2.24, 2.45) is 0 Å². The average molecular weight is 277 g/mol. The van der Waals surface area contributed by atoms with Crippen molar-refractivity contribution in [3.8, 4) is 0 Å². The highest BCUT2D eigenvalue weighted by atomic mass is 79.9. The number of pyridine rings is 1. The van der Waals surface area contributed by atoms with Crippen molar-refractivity contribution < 1.29 is 0 Å². The first-order valence-corrected chi connectivity index (χ1v) is 6.31. The highest BCUT2D eigenvalue weighted by molar-refractivity contribution is 9.10. The number of aryl methyl sites for hydroxylation is 1. The molecule has 1 aliphatic rings. The lowest BCUT2D eigenvalue weighted by Crippen LogP contribution is -1.96. The van der Waals surface area contributed by atoms with Crippen molar-refractivity contribution >= 4 is 32.5 Å². The van der Waals surface area contributed by atoms with Crippen molar-refractivity contribution in [3.63, 3.8) is 0 Å². The molecule has 3 heteroatoms. The smallest absolute Gasteiger partial charge is 0.0766 e. The van der Waals surface area contributed by atoms with E-state index >= 15 is 0 Å². The zero-order valence-corrected chi connectivity index (χ0v) is 10.7. The molecule has 0 saturated heterocycles. The highest BCUT2D eigenvalue weighted by Gasteiger charge is 2.25. The summed E-state index contributed by atoms with van der Waals surface area (Å²) in [4.78, 5) is 4.75. The number of nitrogens with two attached hydrogens (primary N) is 1. The molecule has 1 fully saturated rings. The Morgan fingerprint density at radius 2 is 2.12 bits per heavy atom. The molecular weight excluding hydrogens is 264 g/mol. The molecule has 0 amide bonds. The van der Waals surface area contributed by atoms with Crippen LogP contribution in [-0.2, 0) is 0 Å². The Morgan fingerprint density at radius 3 is 2.81 bits per heavy atom. The van der Waals surface area contributed by atoms with Crippen LogP contribution in [0.5, 0.6) is 0 Å². The fraction of sp³-hybridized carbons (Fsp3) is 0.308. The summed E-state index contributed by atoms with van der Waals surface area (Å²) >= 11 is 3.54. The van der Waals surface area contributed by atoms with Crippen molar-refractivity contribution in [1.29, 1.82) is 0 Å². The largest absolute Gasteiger partial charge is 0.398 e. The van der Waals surface area contributed by atoms with Crippen LogP contribution in [0.2, 0.25) is 0 Å². The molecule has 0 radical (unpaired) electrons. The van der Waals surface area contributed by atoms with E-state index in [-0.39, 0.29) is 0 Å². The fourth-order valence-electron chi connectivity index (χ4n) is 2.04. The van der Waals surface area contributed by atoms with Crippen molar-refractivity contribution in [3.05, 3.63) is 33.9 Å². The molecule has 1 aromatic heterocycles. The summed E-state index contributed by atoms with van der Waals surface area (Å²) in [6.07, 6.45) is 2.51. The Kier molecular flexibility index (Phi) is 2.18. The average Bonchev–Trinajstić information content (AvgIpc) is 3.07. The molecule has 1 aromatic carbocycles. The lowest BCUT2D eigenvalue weighted by atomic mass is 10.1. The number of fused-ring (bicyclic) bond motifs is 1. The van der Waals surface area contributed by atoms with Crippen LogP contribution < -0.4 is 5.73 Å². The lowest BCUT2D eigenvalue weighted by molar-refractivity contribution is 1.04. The minimum absolute atomic E-state index is 0.644. The van der Waals surface area contributed by atoms with Gasteiger partial charge in [-0.1, -0.05) is 15.9 Å². The number of hydrogen-bond acceptors (Lipinski definition) is 2. The van der Waals surface area contributed by atoms with Gasteiger partial charge in [-0.05, 0) is 43.5 Å². The maximum atomic E-state index is 6.09. The first-order valence-electron chi connectivity index (χ1n) is 5.52. The van der Waals surface area contributed by atoms with Crippen LogP contribution >= 0.6 is 15.9 Å². The molecule has 0 aliphatic heterocycles. The van der Waals surface area contributed by atoms with E-state index in [4.69, 9.17) is 10.7 Å². The third-order valence-corrected chi connectivity index (χ3v) is 4.07. The van der Waals surface area contributed by atoms with Gasteiger partial charge in [0, 0.05) is 27.2 Å². The summed E-state index contributed by atoms with van der Waals surface area (Å²) in [5, 5.41) is 1.06. The van der Waals surface area contributed by atoms with Gasteiger partial charge >= 0.3 is 0 Å². The number of hydrogen-bond donors (Lipinski definition) is 1. The van der Waals surface area contributed by atoms with Gasteiger partial charge in [-0.25, -0.2) is 0 Å². The first kappa shape index (κ1) is 10.1. The standard InChI is InChI=1S/C13H13BrN2/c1-7-10(14)5-4-9-11(15)6-12(8-2-3-8)16-13(7)9/h4-6,8H,2-3H2,1H3,(H2,15,16). The second kappa shape index (κ2) is 3.45. The number of halogens is 1. The van der Waals surface area contributed by atoms with Crippen molar-refractivity contribution in [2.45, 2.75) is 25.7 Å². The number of anilines is 1. The Hall–Kier alpha value is -1.09. The predicted octanol–water partition coefficient (Wildman–Crippen LogP) is 3.77. The summed E-state index contributed by atoms with van der Waals surface area (Å²) < 4.78 is 1.10. The molecule has 0 unspecified atom stereocenters. The highest BCUT2D eigenvalue weighted by Crippen LogP contribution is 2.41. The van der Waals surface area contributed by atoms with Gasteiger partial charge in [0.25, 0.3) is 0 Å². The Labute approximate surface area is 103 Å². The Balaban J connectivity index is 2.33. The molecule has 3 rings (SSSR count). The van der Waals surface area contributed by atoms with E-state index in [1.165, 1.54) is 18.4 Å². The van der Waals surface area contributed by atoms with Gasteiger partial charge in [0.1, 0.15) is 0 Å². The molecule has 82 valence electrons. The van der Waals surface area contributed by atoms with Gasteiger partial charge in [-0.3, -0.25) is 4.98 Å². The van der Waals surface area contributed by atoms with Gasteiger partial charge in [0.2, 0.25) is 0 Å². The van der Waals surface area contributed by atoms with E-state index in [9.17, 15) is 0 Å². The molecule has 0 spiro atoms. The maximum absolute atomic E-state index is 6.09. The number of nitrogens with zero attached hydrogens (tertiary/aromatic N) is 1. The van der Waals surface area contributed by atoms with Crippen LogP contribution in [0.25, 0.3) is 10.9 Å². The van der Waals surface area contributed by atoms with E-state index in [1.54, 1.807) is 0 Å². The van der Waals surface area contributed by atoms with Crippen LogP contribution in [0.4, 0.5) is 5.69 Å². The Morgan fingerprint density at radius 1 is 1.38 bits per heavy atom. The van der Waals surface area contributed by atoms with Crippen LogP contribution in [0.15, 0.2) is 22.7 Å². The van der Waals surface area contributed by atoms with E-state index in [1.807, 2.05) is 18.2 Å². The summed E-state index contributed by atoms with van der Waals surface area (Å²) in [7, 11) is 0. The fourth-order valence-corrected chi connectivity index (χ4v) is 2.36. The molecule has 1 heterocycles. The zero-order valence-electron chi connectivity index (χ0n) is 9.13. The zero-order chi connectivity index (χ0) is 11.3. The molecule has 2 N–H and O–H groups in total. The van der Waals surface area contributed by atoms with Crippen LogP contribution in [0, 0.1) is 6.92 Å². The predicted molar refractivity (Wildman–Crippen MR) is 70.6 cm³/mol. The van der Waals surface area contributed by atoms with Crippen molar-refractivity contribution in [1.82, 2.24) is 4.98 Å². The summed E-state index contributed by atoms with van der Waals surface area (Å²) in [5.74, 6) is 0.644. The quantitative estimate of drug-likeness (QED) is 0.861. The monoisotopic (exact) mass is 276 g/mol. The maximum Gasteiger partial charge on any atom is 0.0766 e. The molecule has 2 nitrogen and oxygen atoms in total. The van der Waals surface area contributed by atoms with Gasteiger partial charge in [-0.2, -0.15) is 0 Å². The molecule has 1 aliphatic carbocycles. The summed E-state index contributed by atoms with van der Waals surface area (Å²) in [6.45, 7) is 2.08. The van der Waals surface area contributed by atoms with Crippen molar-refractivity contribution in [2.75, 3.05) is 5.73 Å². The second-order valence-corrected chi connectivity index (χ2v) is 5.33. The minimum atomic E-state index is 0.644. The molecule has 1 saturated carbocycles. The van der Waals surface area contributed by atoms with Gasteiger partial charge in [-0.15, -0.1) is 0 Å². The van der Waals surface area contributed by atoms with E-state index in [2.05, 4.69) is 22.9 Å². The van der Waals surface area contributed by atoms with Crippen LogP contribution in [-0.4, -0.2) is 4.98 Å². The van der Waals surface area contributed by atoms with E-state index in [0.717, 1.165) is 26.8 Å². The van der Waals surface area contributed by atoms with Gasteiger partial charge in [0.15, 0.2) is 0 Å². The number of benzene rings is 1. The molecular formula is C13H13BrN2. The number of aromatic nitrogens is 1. The van der Waals surface area contributed by atoms with Gasteiger partial charge in [0.05, 0.1) is 5.52 Å². The lowest BCUT2D eigenvalue weighted by Gasteiger charge is -2.09. The normalized spacial score (nSPS) is 15.6. The second-order valence-electron chi connectivity index (χ2n) is 4.48. The SMILES string of the molecule is Cc1c(Br)ccc2c(N)cc(C3CC3)nc12. The minimum Gasteiger partial charge on any atom is -0.398 e. The third kappa shape index (κ3) is 1.50. The Bertz CT molecular complexity index is 574. The van der Waals surface area contributed by atoms with E-state index < -0.39 is 0 Å².